The smallest absolute Gasteiger partial charge is 0.225 e. The fourth-order valence-corrected chi connectivity index (χ4v) is 4.71. The summed E-state index contributed by atoms with van der Waals surface area (Å²) >= 11 is 0. The number of hydrogen-bond donors (Lipinski definition) is 1. The van der Waals surface area contributed by atoms with Crippen molar-refractivity contribution in [2.75, 3.05) is 55.4 Å². The molecule has 1 amide bonds. The molecule has 0 spiro atoms. The molecule has 0 aromatic heterocycles. The van der Waals surface area contributed by atoms with Crippen molar-refractivity contribution in [3.05, 3.63) is 24.3 Å². The molecule has 1 aromatic carbocycles. The highest BCUT2D eigenvalue weighted by atomic mass is 32.2. The van der Waals surface area contributed by atoms with Gasteiger partial charge in [0.2, 0.25) is 15.9 Å². The van der Waals surface area contributed by atoms with Gasteiger partial charge < -0.3 is 15.0 Å². The molecule has 2 saturated heterocycles. The third kappa shape index (κ3) is 4.71. The summed E-state index contributed by atoms with van der Waals surface area (Å²) in [6.45, 7) is 4.02. The number of para-hydroxylation sites is 2. The van der Waals surface area contributed by atoms with E-state index in [0.717, 1.165) is 31.6 Å². The number of sulfonamides is 1. The van der Waals surface area contributed by atoms with E-state index in [2.05, 4.69) is 10.2 Å². The number of hydrogen-bond acceptors (Lipinski definition) is 5. The van der Waals surface area contributed by atoms with Crippen molar-refractivity contribution >= 4 is 27.3 Å². The number of rotatable bonds is 6. The molecule has 2 aliphatic heterocycles. The molecule has 2 heterocycles. The summed E-state index contributed by atoms with van der Waals surface area (Å²) in [5, 5.41) is 2.87. The van der Waals surface area contributed by atoms with Gasteiger partial charge >= 0.3 is 0 Å². The van der Waals surface area contributed by atoms with Crippen molar-refractivity contribution in [2.24, 2.45) is 0 Å². The van der Waals surface area contributed by atoms with E-state index in [0.29, 0.717) is 32.0 Å². The summed E-state index contributed by atoms with van der Waals surface area (Å²) in [6.07, 6.45) is 1.77. The summed E-state index contributed by atoms with van der Waals surface area (Å²) in [7, 11) is -3.33. The second-order valence-corrected chi connectivity index (χ2v) is 8.43. The van der Waals surface area contributed by atoms with E-state index >= 15 is 0 Å². The fourth-order valence-electron chi connectivity index (χ4n) is 3.19. The van der Waals surface area contributed by atoms with E-state index in [-0.39, 0.29) is 18.1 Å². The van der Waals surface area contributed by atoms with Gasteiger partial charge in [-0.2, -0.15) is 0 Å². The van der Waals surface area contributed by atoms with E-state index < -0.39 is 10.0 Å². The number of ether oxygens (including phenoxy) is 1. The van der Waals surface area contributed by atoms with Gasteiger partial charge in [-0.05, 0) is 25.0 Å². The molecule has 2 aliphatic rings. The zero-order valence-electron chi connectivity index (χ0n) is 14.3. The van der Waals surface area contributed by atoms with Crippen molar-refractivity contribution in [2.45, 2.75) is 19.3 Å². The quantitative estimate of drug-likeness (QED) is 0.819. The number of carbonyl (C=O) groups excluding carboxylic acids is 1. The van der Waals surface area contributed by atoms with Gasteiger partial charge in [0.05, 0.1) is 30.3 Å². The zero-order chi connectivity index (χ0) is 17.7. The monoisotopic (exact) mass is 367 g/mol. The number of benzene rings is 1. The van der Waals surface area contributed by atoms with Crippen LogP contribution in [0.15, 0.2) is 24.3 Å². The number of morpholine rings is 1. The van der Waals surface area contributed by atoms with Crippen LogP contribution in [0.25, 0.3) is 0 Å². The maximum absolute atomic E-state index is 12.3. The molecular formula is C17H25N3O4S. The second-order valence-electron chi connectivity index (χ2n) is 6.34. The first-order valence-corrected chi connectivity index (χ1v) is 10.4. The average molecular weight is 367 g/mol. The predicted octanol–water partition coefficient (Wildman–Crippen LogP) is 1.28. The Balaban J connectivity index is 1.59. The van der Waals surface area contributed by atoms with E-state index in [1.165, 1.54) is 4.31 Å². The zero-order valence-corrected chi connectivity index (χ0v) is 15.1. The third-order valence-corrected chi connectivity index (χ3v) is 6.45. The van der Waals surface area contributed by atoms with Crippen LogP contribution >= 0.6 is 0 Å². The van der Waals surface area contributed by atoms with Gasteiger partial charge in [0.15, 0.2) is 0 Å². The largest absolute Gasteiger partial charge is 0.378 e. The second kappa shape index (κ2) is 8.16. The highest BCUT2D eigenvalue weighted by Gasteiger charge is 2.26. The first kappa shape index (κ1) is 18.2. The Morgan fingerprint density at radius 1 is 1.08 bits per heavy atom. The molecule has 138 valence electrons. The Bertz CT molecular complexity index is 696. The van der Waals surface area contributed by atoms with Crippen LogP contribution in [0, 0.1) is 0 Å². The molecule has 7 nitrogen and oxygen atoms in total. The molecule has 25 heavy (non-hydrogen) atoms. The number of nitrogens with zero attached hydrogens (tertiary/aromatic N) is 2. The Labute approximate surface area is 149 Å². The highest BCUT2D eigenvalue weighted by Crippen LogP contribution is 2.26. The van der Waals surface area contributed by atoms with Gasteiger partial charge in [-0.25, -0.2) is 12.7 Å². The lowest BCUT2D eigenvalue weighted by Crippen LogP contribution is -2.36. The first-order chi connectivity index (χ1) is 12.1. The molecular weight excluding hydrogens is 342 g/mol. The molecule has 8 heteroatoms. The highest BCUT2D eigenvalue weighted by molar-refractivity contribution is 7.89. The molecule has 2 fully saturated rings. The van der Waals surface area contributed by atoms with Crippen molar-refractivity contribution in [1.82, 2.24) is 4.31 Å². The number of anilines is 2. The summed E-state index contributed by atoms with van der Waals surface area (Å²) in [5.41, 5.74) is 1.66. The molecule has 0 unspecified atom stereocenters. The van der Waals surface area contributed by atoms with Crippen LogP contribution in [-0.2, 0) is 19.6 Å². The van der Waals surface area contributed by atoms with Crippen molar-refractivity contribution in [3.8, 4) is 0 Å². The molecule has 0 saturated carbocycles. The Hall–Kier alpha value is -1.64. The SMILES string of the molecule is O=C(CCS(=O)(=O)N1CCCC1)Nc1ccccc1N1CCOCC1. The van der Waals surface area contributed by atoms with Crippen molar-refractivity contribution in [1.29, 1.82) is 0 Å². The first-order valence-electron chi connectivity index (χ1n) is 8.76. The fraction of sp³-hybridized carbons (Fsp3) is 0.588. The molecule has 0 aliphatic carbocycles. The van der Waals surface area contributed by atoms with Crippen LogP contribution in [-0.4, -0.2) is 63.8 Å². The van der Waals surface area contributed by atoms with E-state index in [9.17, 15) is 13.2 Å². The minimum absolute atomic E-state index is 0.0315. The lowest BCUT2D eigenvalue weighted by atomic mass is 10.2. The molecule has 0 radical (unpaired) electrons. The van der Waals surface area contributed by atoms with Gasteiger partial charge in [-0.3, -0.25) is 4.79 Å². The van der Waals surface area contributed by atoms with Crippen molar-refractivity contribution < 1.29 is 17.9 Å². The topological polar surface area (TPSA) is 79.0 Å². The standard InChI is InChI=1S/C17H25N3O4S/c21-17(7-14-25(22,23)20-8-3-4-9-20)18-15-5-1-2-6-16(15)19-10-12-24-13-11-19/h1-2,5-6H,3-4,7-14H2,(H,18,21). The van der Waals surface area contributed by atoms with Crippen LogP contribution in [0.1, 0.15) is 19.3 Å². The Morgan fingerprint density at radius 3 is 2.48 bits per heavy atom. The van der Waals surface area contributed by atoms with Crippen LogP contribution in [0.5, 0.6) is 0 Å². The normalized spacial score (nSPS) is 19.1. The van der Waals surface area contributed by atoms with Crippen molar-refractivity contribution in [3.63, 3.8) is 0 Å². The maximum Gasteiger partial charge on any atom is 0.225 e. The molecule has 0 bridgehead atoms. The minimum Gasteiger partial charge on any atom is -0.378 e. The summed E-state index contributed by atoms with van der Waals surface area (Å²) in [4.78, 5) is 14.4. The third-order valence-electron chi connectivity index (χ3n) is 4.58. The Morgan fingerprint density at radius 2 is 1.76 bits per heavy atom. The van der Waals surface area contributed by atoms with Gasteiger partial charge in [-0.15, -0.1) is 0 Å². The molecule has 1 aromatic rings. The average Bonchev–Trinajstić information content (AvgIpc) is 3.17. The van der Waals surface area contributed by atoms with Gasteiger partial charge in [0.25, 0.3) is 0 Å². The summed E-state index contributed by atoms with van der Waals surface area (Å²) in [5.74, 6) is -0.415. The summed E-state index contributed by atoms with van der Waals surface area (Å²) in [6, 6.07) is 7.60. The van der Waals surface area contributed by atoms with Crippen LogP contribution in [0.3, 0.4) is 0 Å². The van der Waals surface area contributed by atoms with Crippen LogP contribution < -0.4 is 10.2 Å². The molecule has 0 atom stereocenters. The maximum atomic E-state index is 12.3. The van der Waals surface area contributed by atoms with Gasteiger partial charge in [0, 0.05) is 32.6 Å². The molecule has 3 rings (SSSR count). The van der Waals surface area contributed by atoms with E-state index in [1.54, 1.807) is 0 Å². The Kier molecular flexibility index (Phi) is 5.93. The number of amides is 1. The number of carbonyl (C=O) groups is 1. The lowest BCUT2D eigenvalue weighted by Gasteiger charge is -2.30. The lowest BCUT2D eigenvalue weighted by molar-refractivity contribution is -0.115. The predicted molar refractivity (Wildman–Crippen MR) is 97.3 cm³/mol. The van der Waals surface area contributed by atoms with Crippen LogP contribution in [0.4, 0.5) is 11.4 Å². The minimum atomic E-state index is -3.33. The summed E-state index contributed by atoms with van der Waals surface area (Å²) < 4.78 is 31.3. The molecule has 1 N–H and O–H groups in total. The van der Waals surface area contributed by atoms with Crippen LogP contribution in [0.2, 0.25) is 0 Å². The van der Waals surface area contributed by atoms with E-state index in [4.69, 9.17) is 4.74 Å². The number of nitrogens with one attached hydrogen (secondary N) is 1. The van der Waals surface area contributed by atoms with E-state index in [1.807, 2.05) is 24.3 Å². The van der Waals surface area contributed by atoms with Gasteiger partial charge in [0.1, 0.15) is 0 Å². The van der Waals surface area contributed by atoms with Gasteiger partial charge in [-0.1, -0.05) is 12.1 Å².